The van der Waals surface area contributed by atoms with E-state index in [1.54, 1.807) is 0 Å². The maximum atomic E-state index is 8.62. The third-order valence-corrected chi connectivity index (χ3v) is 1.86. The fourth-order valence-corrected chi connectivity index (χ4v) is 1.10. The quantitative estimate of drug-likeness (QED) is 0.722. The van der Waals surface area contributed by atoms with Crippen molar-refractivity contribution in [2.75, 3.05) is 0 Å². The first-order chi connectivity index (χ1) is 5.18. The molecule has 1 rings (SSSR count). The van der Waals surface area contributed by atoms with Crippen LogP contribution in [0.2, 0.25) is 0 Å². The summed E-state index contributed by atoms with van der Waals surface area (Å²) in [6, 6.07) is 7.45. The van der Waals surface area contributed by atoms with Gasteiger partial charge < -0.3 is 10.0 Å². The predicted molar refractivity (Wildman–Crippen MR) is 48.0 cm³/mol. The van der Waals surface area contributed by atoms with Crippen molar-refractivity contribution in [1.29, 1.82) is 0 Å². The molecule has 0 unspecified atom stereocenters. The highest BCUT2D eigenvalue weighted by Gasteiger charge is 2.06. The van der Waals surface area contributed by atoms with Crippen LogP contribution in [-0.4, -0.2) is 17.2 Å². The van der Waals surface area contributed by atoms with Gasteiger partial charge in [-0.15, -0.1) is 0 Å². The first-order valence-corrected chi connectivity index (χ1v) is 4.08. The van der Waals surface area contributed by atoms with Gasteiger partial charge in [0, 0.05) is 10.8 Å². The molecule has 0 amide bonds. The summed E-state index contributed by atoms with van der Waals surface area (Å²) in [6.45, 7) is 0. The third kappa shape index (κ3) is 3.05. The van der Waals surface area contributed by atoms with Crippen LogP contribution in [-0.2, 0) is 6.32 Å². The van der Waals surface area contributed by atoms with Crippen molar-refractivity contribution in [2.45, 2.75) is 6.32 Å². The summed E-state index contributed by atoms with van der Waals surface area (Å²) in [6.07, 6.45) is 0.285. The van der Waals surface area contributed by atoms with Crippen molar-refractivity contribution < 1.29 is 10.0 Å². The molecule has 0 aliphatic carbocycles. The Morgan fingerprint density at radius 3 is 2.18 bits per heavy atom. The Balaban J connectivity index is 2.66. The van der Waals surface area contributed by atoms with Gasteiger partial charge in [-0.05, 0) is 17.7 Å². The molecule has 0 bridgehead atoms. The molecule has 0 aliphatic heterocycles. The van der Waals surface area contributed by atoms with Gasteiger partial charge in [0.05, 0.1) is 0 Å². The van der Waals surface area contributed by atoms with Crippen molar-refractivity contribution in [3.05, 3.63) is 34.3 Å². The summed E-state index contributed by atoms with van der Waals surface area (Å²) in [5.41, 5.74) is 0.920. The number of benzene rings is 1. The van der Waals surface area contributed by atoms with Crippen LogP contribution in [0.5, 0.6) is 0 Å². The summed E-state index contributed by atoms with van der Waals surface area (Å²) in [5, 5.41) is 17.2. The van der Waals surface area contributed by atoms with Crippen LogP contribution >= 0.6 is 15.9 Å². The number of hydrogen-bond donors (Lipinski definition) is 2. The molecule has 0 saturated carbocycles. The molecule has 11 heavy (non-hydrogen) atoms. The van der Waals surface area contributed by atoms with Gasteiger partial charge in [-0.2, -0.15) is 0 Å². The SMILES string of the molecule is OB(O)Cc1ccc(Br)cc1. The molecule has 0 fully saturated rings. The number of rotatable bonds is 2. The molecule has 0 atom stereocenters. The van der Waals surface area contributed by atoms with Gasteiger partial charge in [0.15, 0.2) is 0 Å². The van der Waals surface area contributed by atoms with E-state index in [2.05, 4.69) is 15.9 Å². The van der Waals surface area contributed by atoms with Gasteiger partial charge >= 0.3 is 7.12 Å². The molecule has 0 aliphatic rings. The summed E-state index contributed by atoms with van der Waals surface area (Å²) in [7, 11) is -1.25. The van der Waals surface area contributed by atoms with Gasteiger partial charge in [0.1, 0.15) is 0 Å². The lowest BCUT2D eigenvalue weighted by Gasteiger charge is -1.98. The molecule has 1 aromatic rings. The minimum Gasteiger partial charge on any atom is -0.427 e. The molecule has 1 aromatic carbocycles. The van der Waals surface area contributed by atoms with E-state index in [-0.39, 0.29) is 6.32 Å². The second kappa shape index (κ2) is 3.90. The first-order valence-electron chi connectivity index (χ1n) is 3.29. The topological polar surface area (TPSA) is 40.5 Å². The zero-order valence-corrected chi connectivity index (χ0v) is 7.45. The lowest BCUT2D eigenvalue weighted by molar-refractivity contribution is 0.405. The number of halogens is 1. The molecular formula is C7H8BBrO2. The Labute approximate surface area is 74.1 Å². The lowest BCUT2D eigenvalue weighted by atomic mass is 9.82. The normalized spacial score (nSPS) is 9.73. The van der Waals surface area contributed by atoms with Crippen molar-refractivity contribution >= 4 is 23.0 Å². The van der Waals surface area contributed by atoms with Crippen molar-refractivity contribution in [3.63, 3.8) is 0 Å². The van der Waals surface area contributed by atoms with Gasteiger partial charge in [0.25, 0.3) is 0 Å². The second-order valence-electron chi connectivity index (χ2n) is 2.31. The minimum atomic E-state index is -1.25. The minimum absolute atomic E-state index is 0.285. The monoisotopic (exact) mass is 214 g/mol. The Hall–Kier alpha value is -0.315. The molecular weight excluding hydrogens is 207 g/mol. The largest absolute Gasteiger partial charge is 0.456 e. The van der Waals surface area contributed by atoms with Crippen LogP contribution in [0.4, 0.5) is 0 Å². The van der Waals surface area contributed by atoms with E-state index in [1.165, 1.54) is 0 Å². The van der Waals surface area contributed by atoms with E-state index in [0.29, 0.717) is 0 Å². The van der Waals surface area contributed by atoms with E-state index in [4.69, 9.17) is 10.0 Å². The first kappa shape index (κ1) is 8.78. The average Bonchev–Trinajstić information content (AvgIpc) is 1.93. The highest BCUT2D eigenvalue weighted by molar-refractivity contribution is 9.10. The molecule has 2 nitrogen and oxygen atoms in total. The fourth-order valence-electron chi connectivity index (χ4n) is 0.831. The standard InChI is InChI=1S/C7H8BBrO2/c9-7-3-1-6(2-4-7)5-8(10)11/h1-4,10-11H,5H2. The van der Waals surface area contributed by atoms with Crippen LogP contribution in [0, 0.1) is 0 Å². The second-order valence-corrected chi connectivity index (χ2v) is 3.23. The molecule has 4 heteroatoms. The average molecular weight is 215 g/mol. The molecule has 0 aromatic heterocycles. The van der Waals surface area contributed by atoms with E-state index in [9.17, 15) is 0 Å². The van der Waals surface area contributed by atoms with Crippen LogP contribution in [0.25, 0.3) is 0 Å². The van der Waals surface area contributed by atoms with Gasteiger partial charge in [-0.25, -0.2) is 0 Å². The van der Waals surface area contributed by atoms with E-state index in [1.807, 2.05) is 24.3 Å². The van der Waals surface area contributed by atoms with Crippen molar-refractivity contribution in [2.24, 2.45) is 0 Å². The summed E-state index contributed by atoms with van der Waals surface area (Å²) in [4.78, 5) is 0. The van der Waals surface area contributed by atoms with E-state index >= 15 is 0 Å². The lowest BCUT2D eigenvalue weighted by Crippen LogP contribution is -2.14. The Bertz CT molecular complexity index is 222. The van der Waals surface area contributed by atoms with Gasteiger partial charge in [-0.1, -0.05) is 28.1 Å². The molecule has 0 saturated heterocycles. The van der Waals surface area contributed by atoms with Gasteiger partial charge in [-0.3, -0.25) is 0 Å². The molecule has 0 spiro atoms. The van der Waals surface area contributed by atoms with Gasteiger partial charge in [0.2, 0.25) is 0 Å². The summed E-state index contributed by atoms with van der Waals surface area (Å²) >= 11 is 3.29. The molecule has 2 N–H and O–H groups in total. The highest BCUT2D eigenvalue weighted by atomic mass is 79.9. The molecule has 0 heterocycles. The smallest absolute Gasteiger partial charge is 0.427 e. The molecule has 58 valence electrons. The van der Waals surface area contributed by atoms with Crippen LogP contribution in [0.15, 0.2) is 28.7 Å². The van der Waals surface area contributed by atoms with Crippen LogP contribution < -0.4 is 0 Å². The Morgan fingerprint density at radius 2 is 1.73 bits per heavy atom. The summed E-state index contributed by atoms with van der Waals surface area (Å²) in [5.74, 6) is 0. The van der Waals surface area contributed by atoms with Crippen LogP contribution in [0.1, 0.15) is 5.56 Å². The maximum absolute atomic E-state index is 8.62. The van der Waals surface area contributed by atoms with Crippen molar-refractivity contribution in [3.8, 4) is 0 Å². The zero-order chi connectivity index (χ0) is 8.27. The fraction of sp³-hybridized carbons (Fsp3) is 0.143. The maximum Gasteiger partial charge on any atom is 0.456 e. The Morgan fingerprint density at radius 1 is 1.18 bits per heavy atom. The zero-order valence-electron chi connectivity index (χ0n) is 5.87. The Kier molecular flexibility index (Phi) is 3.11. The van der Waals surface area contributed by atoms with Crippen LogP contribution in [0.3, 0.4) is 0 Å². The van der Waals surface area contributed by atoms with E-state index in [0.717, 1.165) is 10.0 Å². The molecule has 0 radical (unpaired) electrons. The van der Waals surface area contributed by atoms with E-state index < -0.39 is 7.12 Å². The number of hydrogen-bond acceptors (Lipinski definition) is 2. The van der Waals surface area contributed by atoms with Crippen molar-refractivity contribution in [1.82, 2.24) is 0 Å². The highest BCUT2D eigenvalue weighted by Crippen LogP contribution is 2.10. The summed E-state index contributed by atoms with van der Waals surface area (Å²) < 4.78 is 0.994. The third-order valence-electron chi connectivity index (χ3n) is 1.33. The predicted octanol–water partition coefficient (Wildman–Crippen LogP) is 1.00.